The van der Waals surface area contributed by atoms with E-state index >= 15 is 0 Å². The van der Waals surface area contributed by atoms with Crippen LogP contribution in [0.25, 0.3) is 0 Å². The Labute approximate surface area is 144 Å². The van der Waals surface area contributed by atoms with Gasteiger partial charge in [-0.1, -0.05) is 19.9 Å². The van der Waals surface area contributed by atoms with Gasteiger partial charge in [-0.3, -0.25) is 0 Å². The molecule has 0 bridgehead atoms. The molecule has 5 heteroatoms. The van der Waals surface area contributed by atoms with Gasteiger partial charge in [0, 0.05) is 26.1 Å². The Morgan fingerprint density at radius 2 is 2.00 bits per heavy atom. The largest absolute Gasteiger partial charge is 0.450 e. The quantitative estimate of drug-likeness (QED) is 0.428. The number of fused-ring (bicyclic) bond motifs is 1. The molecule has 23 heavy (non-hydrogen) atoms. The zero-order chi connectivity index (χ0) is 17.0. The Morgan fingerprint density at radius 1 is 1.30 bits per heavy atom. The van der Waals surface area contributed by atoms with Crippen LogP contribution in [0.1, 0.15) is 39.5 Å². The van der Waals surface area contributed by atoms with E-state index in [9.17, 15) is 4.79 Å². The van der Waals surface area contributed by atoms with E-state index in [0.717, 1.165) is 37.4 Å². The highest BCUT2D eigenvalue weighted by atomic mass is 32.2. The van der Waals surface area contributed by atoms with E-state index in [2.05, 4.69) is 26.0 Å². The average Bonchev–Trinajstić information content (AvgIpc) is 2.76. The molecule has 4 nitrogen and oxygen atoms in total. The molecule has 0 radical (unpaired) electrons. The van der Waals surface area contributed by atoms with Gasteiger partial charge >= 0.3 is 5.30 Å². The van der Waals surface area contributed by atoms with E-state index in [-0.39, 0.29) is 17.3 Å². The molecule has 0 N–H and O–H groups in total. The summed E-state index contributed by atoms with van der Waals surface area (Å²) in [5.74, 6) is 1.10. The minimum atomic E-state index is -0.525. The summed E-state index contributed by atoms with van der Waals surface area (Å²) < 4.78 is 17.4. The van der Waals surface area contributed by atoms with Crippen molar-refractivity contribution in [3.8, 4) is 0 Å². The van der Waals surface area contributed by atoms with Crippen molar-refractivity contribution in [3.05, 3.63) is 12.2 Å². The Morgan fingerprint density at radius 3 is 2.57 bits per heavy atom. The molecule has 0 aromatic carbocycles. The van der Waals surface area contributed by atoms with Crippen LogP contribution in [0.15, 0.2) is 12.2 Å². The molecule has 0 spiro atoms. The van der Waals surface area contributed by atoms with Crippen LogP contribution in [-0.4, -0.2) is 37.7 Å². The Kier molecular flexibility index (Phi) is 6.57. The van der Waals surface area contributed by atoms with Gasteiger partial charge in [0.2, 0.25) is 0 Å². The summed E-state index contributed by atoms with van der Waals surface area (Å²) in [4.78, 5) is 11.7. The van der Waals surface area contributed by atoms with Gasteiger partial charge in [-0.05, 0) is 61.6 Å². The third kappa shape index (κ3) is 3.47. The van der Waals surface area contributed by atoms with Crippen LogP contribution < -0.4 is 0 Å². The van der Waals surface area contributed by atoms with Crippen molar-refractivity contribution in [2.24, 2.45) is 23.7 Å². The Hall–Kier alpha value is -0.520. The SMILES string of the molecule is CCC1C2CC/C=C/C(OC(=O)SC)CC2C(C)C1(OC)OC. The van der Waals surface area contributed by atoms with Gasteiger partial charge < -0.3 is 14.2 Å². The second-order valence-corrected chi connectivity index (χ2v) is 7.35. The van der Waals surface area contributed by atoms with Crippen molar-refractivity contribution in [3.63, 3.8) is 0 Å². The van der Waals surface area contributed by atoms with E-state index < -0.39 is 5.79 Å². The van der Waals surface area contributed by atoms with Crippen LogP contribution in [0.3, 0.4) is 0 Å². The summed E-state index contributed by atoms with van der Waals surface area (Å²) in [7, 11) is 3.51. The first-order chi connectivity index (χ1) is 11.0. The summed E-state index contributed by atoms with van der Waals surface area (Å²) >= 11 is 1.13. The molecule has 1 fully saturated rings. The highest BCUT2D eigenvalue weighted by Gasteiger charge is 2.58. The molecule has 0 saturated heterocycles. The fraction of sp³-hybridized carbons (Fsp3) is 0.833. The molecule has 0 aromatic rings. The minimum Gasteiger partial charge on any atom is -0.450 e. The molecule has 0 amide bonds. The molecule has 0 aliphatic heterocycles. The number of rotatable bonds is 4. The fourth-order valence-electron chi connectivity index (χ4n) is 4.89. The standard InChI is InChI=1S/C18H30O4S/c1-6-16-14-10-8-7-9-13(22-17(19)23-5)11-15(14)12(2)18(16,20-3)21-4/h7,9,12-16H,6,8,10-11H2,1-5H3/b9-7+. The van der Waals surface area contributed by atoms with Gasteiger partial charge in [0.1, 0.15) is 6.10 Å². The molecule has 5 unspecified atom stereocenters. The van der Waals surface area contributed by atoms with Crippen LogP contribution in [0.2, 0.25) is 0 Å². The summed E-state index contributed by atoms with van der Waals surface area (Å²) in [6, 6.07) is 0. The van der Waals surface area contributed by atoms with Crippen molar-refractivity contribution in [2.45, 2.75) is 51.4 Å². The number of carbonyl (C=O) groups excluding carboxylic acids is 1. The fourth-order valence-corrected chi connectivity index (χ4v) is 5.11. The molecule has 1 saturated carbocycles. The van der Waals surface area contributed by atoms with Crippen LogP contribution in [0, 0.1) is 23.7 Å². The Bertz CT molecular complexity index is 433. The molecular formula is C18H30O4S. The normalized spacial score (nSPS) is 37.5. The lowest BCUT2D eigenvalue weighted by Crippen LogP contribution is -2.44. The molecule has 132 valence electrons. The summed E-state index contributed by atoms with van der Waals surface area (Å²) in [6.45, 7) is 4.44. The van der Waals surface area contributed by atoms with Crippen LogP contribution in [0.5, 0.6) is 0 Å². The van der Waals surface area contributed by atoms with E-state index in [1.165, 1.54) is 0 Å². The maximum Gasteiger partial charge on any atom is 0.367 e. The highest BCUT2D eigenvalue weighted by Crippen LogP contribution is 2.55. The van der Waals surface area contributed by atoms with E-state index in [4.69, 9.17) is 14.2 Å². The van der Waals surface area contributed by atoms with Crippen molar-refractivity contribution in [2.75, 3.05) is 20.5 Å². The maximum atomic E-state index is 11.7. The van der Waals surface area contributed by atoms with Crippen molar-refractivity contribution in [1.29, 1.82) is 0 Å². The first kappa shape index (κ1) is 18.8. The number of allylic oxidation sites excluding steroid dienone is 1. The second-order valence-electron chi connectivity index (χ2n) is 6.61. The molecule has 0 aromatic heterocycles. The first-order valence-electron chi connectivity index (χ1n) is 8.55. The Balaban J connectivity index is 2.27. The van der Waals surface area contributed by atoms with Gasteiger partial charge in [-0.2, -0.15) is 0 Å². The minimum absolute atomic E-state index is 0.146. The number of ether oxygens (including phenoxy) is 3. The smallest absolute Gasteiger partial charge is 0.367 e. The number of hydrogen-bond donors (Lipinski definition) is 0. The zero-order valence-corrected chi connectivity index (χ0v) is 15.7. The molecule has 0 heterocycles. The number of methoxy groups -OCH3 is 2. The van der Waals surface area contributed by atoms with E-state index in [1.807, 2.05) is 0 Å². The number of thioether (sulfide) groups is 1. The summed E-state index contributed by atoms with van der Waals surface area (Å²) in [5.41, 5.74) is 0. The monoisotopic (exact) mass is 342 g/mol. The van der Waals surface area contributed by atoms with Gasteiger partial charge in [-0.15, -0.1) is 0 Å². The predicted molar refractivity (Wildman–Crippen MR) is 93.4 cm³/mol. The molecular weight excluding hydrogens is 312 g/mol. The van der Waals surface area contributed by atoms with E-state index in [1.54, 1.807) is 20.5 Å². The zero-order valence-electron chi connectivity index (χ0n) is 14.9. The van der Waals surface area contributed by atoms with Crippen LogP contribution in [-0.2, 0) is 14.2 Å². The topological polar surface area (TPSA) is 44.8 Å². The van der Waals surface area contributed by atoms with Crippen molar-refractivity contribution in [1.82, 2.24) is 0 Å². The molecule has 5 atom stereocenters. The van der Waals surface area contributed by atoms with Crippen molar-refractivity contribution < 1.29 is 19.0 Å². The van der Waals surface area contributed by atoms with Gasteiger partial charge in [0.15, 0.2) is 5.79 Å². The van der Waals surface area contributed by atoms with Gasteiger partial charge in [-0.25, -0.2) is 4.79 Å². The second kappa shape index (κ2) is 8.04. The first-order valence-corrected chi connectivity index (χ1v) is 9.78. The predicted octanol–water partition coefficient (Wildman–Crippen LogP) is 4.49. The lowest BCUT2D eigenvalue weighted by atomic mass is 9.78. The van der Waals surface area contributed by atoms with E-state index in [0.29, 0.717) is 17.8 Å². The number of hydrogen-bond acceptors (Lipinski definition) is 5. The van der Waals surface area contributed by atoms with Gasteiger partial charge in [0.05, 0.1) is 0 Å². The third-order valence-electron chi connectivity index (χ3n) is 5.87. The maximum absolute atomic E-state index is 11.7. The molecule has 2 aliphatic rings. The van der Waals surface area contributed by atoms with Crippen molar-refractivity contribution >= 4 is 17.1 Å². The lowest BCUT2D eigenvalue weighted by Gasteiger charge is -2.37. The molecule has 2 aliphatic carbocycles. The average molecular weight is 343 g/mol. The number of carbonyl (C=O) groups is 1. The lowest BCUT2D eigenvalue weighted by molar-refractivity contribution is -0.255. The molecule has 2 rings (SSSR count). The van der Waals surface area contributed by atoms with Gasteiger partial charge in [0.25, 0.3) is 0 Å². The third-order valence-corrected chi connectivity index (χ3v) is 6.30. The van der Waals surface area contributed by atoms with Crippen LogP contribution in [0.4, 0.5) is 4.79 Å². The summed E-state index contributed by atoms with van der Waals surface area (Å²) in [6.07, 6.45) is 9.86. The van der Waals surface area contributed by atoms with Crippen LogP contribution >= 0.6 is 11.8 Å². The summed E-state index contributed by atoms with van der Waals surface area (Å²) in [5, 5.41) is -0.209. The highest BCUT2D eigenvalue weighted by molar-refractivity contribution is 8.12.